The number of furan rings is 1. The van der Waals surface area contributed by atoms with Crippen molar-refractivity contribution in [2.45, 2.75) is 0 Å². The molecule has 0 fully saturated rings. The van der Waals surface area contributed by atoms with Crippen LogP contribution in [0, 0.1) is 0 Å². The Morgan fingerprint density at radius 2 is 1.02 bits per heavy atom. The third-order valence-corrected chi connectivity index (χ3v) is 8.42. The summed E-state index contributed by atoms with van der Waals surface area (Å²) in [7, 11) is 0. The zero-order valence-electron chi connectivity index (χ0n) is 24.1. The van der Waals surface area contributed by atoms with Crippen LogP contribution in [0.4, 0.5) is 0 Å². The molecule has 0 radical (unpaired) electrons. The molecule has 9 rings (SSSR count). The van der Waals surface area contributed by atoms with Crippen molar-refractivity contribution in [3.05, 3.63) is 146 Å². The van der Waals surface area contributed by atoms with Crippen LogP contribution in [0.25, 0.3) is 88.8 Å². The first-order valence-corrected chi connectivity index (χ1v) is 14.9. The topological polar surface area (TPSA) is 64.7 Å². The molecular weight excluding hydrogens is 552 g/mol. The molecule has 5 heteroatoms. The van der Waals surface area contributed by atoms with Gasteiger partial charge in [-0.3, -0.25) is 4.98 Å². The van der Waals surface area contributed by atoms with Crippen molar-refractivity contribution >= 4 is 43.5 Å². The maximum atomic E-state index is 6.41. The summed E-state index contributed by atoms with van der Waals surface area (Å²) < 4.78 is 6.41. The van der Waals surface area contributed by atoms with Crippen molar-refractivity contribution in [1.29, 1.82) is 0 Å². The number of rotatable bonds is 4. The van der Waals surface area contributed by atoms with E-state index < -0.39 is 0 Å². The van der Waals surface area contributed by atoms with Crippen LogP contribution in [0.5, 0.6) is 0 Å². The summed E-state index contributed by atoms with van der Waals surface area (Å²) in [6, 6.07) is 45.8. The summed E-state index contributed by atoms with van der Waals surface area (Å²) in [4.78, 5) is 19.5. The highest BCUT2D eigenvalue weighted by Gasteiger charge is 2.19. The van der Waals surface area contributed by atoms with E-state index in [2.05, 4.69) is 96.0 Å². The van der Waals surface area contributed by atoms with Gasteiger partial charge in [-0.2, -0.15) is 0 Å². The number of aromatic nitrogens is 4. The van der Waals surface area contributed by atoms with Crippen LogP contribution < -0.4 is 0 Å². The minimum absolute atomic E-state index is 0.547. The molecule has 210 valence electrons. The van der Waals surface area contributed by atoms with Gasteiger partial charge in [0.1, 0.15) is 5.58 Å². The second kappa shape index (κ2) is 10.2. The number of fused-ring (bicyclic) bond motifs is 6. The van der Waals surface area contributed by atoms with E-state index in [1.807, 2.05) is 48.7 Å². The van der Waals surface area contributed by atoms with Gasteiger partial charge >= 0.3 is 0 Å². The molecule has 0 N–H and O–H groups in total. The number of hydrogen-bond donors (Lipinski definition) is 0. The second-order valence-electron chi connectivity index (χ2n) is 11.1. The Morgan fingerprint density at radius 1 is 0.400 bits per heavy atom. The minimum atomic E-state index is 0.547. The van der Waals surface area contributed by atoms with Crippen molar-refractivity contribution < 1.29 is 4.42 Å². The summed E-state index contributed by atoms with van der Waals surface area (Å²) in [6.07, 6.45) is 3.59. The van der Waals surface area contributed by atoms with Gasteiger partial charge in [-0.1, -0.05) is 127 Å². The summed E-state index contributed by atoms with van der Waals surface area (Å²) in [6.45, 7) is 0. The molecule has 0 saturated carbocycles. The van der Waals surface area contributed by atoms with Crippen molar-refractivity contribution in [2.24, 2.45) is 0 Å². The lowest BCUT2D eigenvalue weighted by Crippen LogP contribution is -2.00. The molecule has 5 nitrogen and oxygen atoms in total. The van der Waals surface area contributed by atoms with Crippen LogP contribution in [-0.2, 0) is 0 Å². The molecule has 0 aliphatic carbocycles. The van der Waals surface area contributed by atoms with E-state index >= 15 is 0 Å². The molecule has 0 spiro atoms. The molecule has 0 aliphatic heterocycles. The molecule has 9 aromatic rings. The molecule has 0 amide bonds. The molecular formula is C40H24N4O. The fraction of sp³-hybridized carbons (Fsp3) is 0. The molecule has 0 aliphatic rings. The summed E-state index contributed by atoms with van der Waals surface area (Å²) in [5, 5.41) is 6.57. The lowest BCUT2D eigenvalue weighted by Gasteiger charge is -2.10. The Kier molecular flexibility index (Phi) is 5.74. The fourth-order valence-corrected chi connectivity index (χ4v) is 6.24. The van der Waals surface area contributed by atoms with Gasteiger partial charge < -0.3 is 4.42 Å². The van der Waals surface area contributed by atoms with E-state index in [4.69, 9.17) is 19.4 Å². The molecule has 3 aromatic heterocycles. The van der Waals surface area contributed by atoms with Gasteiger partial charge in [0.15, 0.2) is 23.1 Å². The summed E-state index contributed by atoms with van der Waals surface area (Å²) in [5.74, 6) is 1.74. The zero-order valence-corrected chi connectivity index (χ0v) is 24.1. The molecule has 45 heavy (non-hydrogen) atoms. The number of pyridine rings is 1. The Balaban J connectivity index is 1.23. The Labute approximate surface area is 258 Å². The first-order valence-electron chi connectivity index (χ1n) is 14.9. The zero-order chi connectivity index (χ0) is 29.7. The van der Waals surface area contributed by atoms with Crippen LogP contribution in [0.15, 0.2) is 150 Å². The van der Waals surface area contributed by atoms with E-state index in [-0.39, 0.29) is 0 Å². The average molecular weight is 577 g/mol. The third kappa shape index (κ3) is 4.25. The Morgan fingerprint density at radius 3 is 1.82 bits per heavy atom. The van der Waals surface area contributed by atoms with Crippen LogP contribution in [-0.4, -0.2) is 19.9 Å². The molecule has 0 atom stereocenters. The quantitative estimate of drug-likeness (QED) is 0.209. The van der Waals surface area contributed by atoms with Gasteiger partial charge in [-0.05, 0) is 33.4 Å². The highest BCUT2D eigenvalue weighted by atomic mass is 16.3. The maximum Gasteiger partial charge on any atom is 0.166 e. The van der Waals surface area contributed by atoms with Gasteiger partial charge in [-0.25, -0.2) is 15.0 Å². The standard InChI is InChI=1S/C40H24N4O/c1-2-11-28(12-3-1)38-42-39(29-19-17-27(18-20-29)31-16-8-13-25-9-4-6-14-30(25)31)44-40(43-38)34-23-41-24-35-36(34)33-22-21-26-10-5-7-15-32(26)37(33)45-35/h1-24H. The van der Waals surface area contributed by atoms with E-state index in [1.165, 1.54) is 16.3 Å². The molecule has 0 bridgehead atoms. The highest BCUT2D eigenvalue weighted by molar-refractivity contribution is 6.18. The van der Waals surface area contributed by atoms with Gasteiger partial charge in [0.05, 0.1) is 6.20 Å². The predicted molar refractivity (Wildman–Crippen MR) is 182 cm³/mol. The Hall–Kier alpha value is -6.20. The number of hydrogen-bond acceptors (Lipinski definition) is 5. The van der Waals surface area contributed by atoms with Gasteiger partial charge in [0.2, 0.25) is 0 Å². The van der Waals surface area contributed by atoms with Gasteiger partial charge in [-0.15, -0.1) is 0 Å². The van der Waals surface area contributed by atoms with Crippen molar-refractivity contribution in [3.63, 3.8) is 0 Å². The second-order valence-corrected chi connectivity index (χ2v) is 11.1. The van der Waals surface area contributed by atoms with Crippen molar-refractivity contribution in [1.82, 2.24) is 19.9 Å². The maximum absolute atomic E-state index is 6.41. The molecule has 0 unspecified atom stereocenters. The van der Waals surface area contributed by atoms with E-state index in [9.17, 15) is 0 Å². The summed E-state index contributed by atoms with van der Waals surface area (Å²) >= 11 is 0. The van der Waals surface area contributed by atoms with Crippen LogP contribution >= 0.6 is 0 Å². The Bertz CT molecular complexity index is 2530. The van der Waals surface area contributed by atoms with E-state index in [1.54, 1.807) is 6.20 Å². The minimum Gasteiger partial charge on any atom is -0.454 e. The lowest BCUT2D eigenvalue weighted by molar-refractivity contribution is 0.670. The lowest BCUT2D eigenvalue weighted by atomic mass is 9.97. The molecule has 3 heterocycles. The van der Waals surface area contributed by atoms with Crippen LogP contribution in [0.2, 0.25) is 0 Å². The fourth-order valence-electron chi connectivity index (χ4n) is 6.24. The van der Waals surface area contributed by atoms with Crippen molar-refractivity contribution in [2.75, 3.05) is 0 Å². The summed E-state index contributed by atoms with van der Waals surface area (Å²) in [5.41, 5.74) is 6.48. The average Bonchev–Trinajstić information content (AvgIpc) is 3.51. The highest BCUT2D eigenvalue weighted by Crippen LogP contribution is 2.39. The smallest absolute Gasteiger partial charge is 0.166 e. The number of benzene rings is 6. The molecule has 6 aromatic carbocycles. The number of nitrogens with zero attached hydrogens (tertiary/aromatic N) is 4. The largest absolute Gasteiger partial charge is 0.454 e. The first kappa shape index (κ1) is 25.3. The van der Waals surface area contributed by atoms with Gasteiger partial charge in [0, 0.05) is 39.0 Å². The van der Waals surface area contributed by atoms with Crippen molar-refractivity contribution in [3.8, 4) is 45.3 Å². The van der Waals surface area contributed by atoms with Crippen LogP contribution in [0.1, 0.15) is 0 Å². The van der Waals surface area contributed by atoms with E-state index in [0.717, 1.165) is 49.4 Å². The SMILES string of the molecule is c1ccc(-c2nc(-c3ccc(-c4cccc5ccccc45)cc3)nc(-c3cncc4oc5c6ccccc6ccc5c34)n2)cc1. The normalized spacial score (nSPS) is 11.6. The van der Waals surface area contributed by atoms with Crippen LogP contribution in [0.3, 0.4) is 0 Å². The monoisotopic (exact) mass is 576 g/mol. The molecule has 0 saturated heterocycles. The first-order chi connectivity index (χ1) is 22.3. The third-order valence-electron chi connectivity index (χ3n) is 8.42. The van der Waals surface area contributed by atoms with Gasteiger partial charge in [0.25, 0.3) is 0 Å². The van der Waals surface area contributed by atoms with E-state index in [0.29, 0.717) is 23.1 Å². The predicted octanol–water partition coefficient (Wildman–Crippen LogP) is 10.1.